The molecule has 1 aliphatic rings. The molecule has 2 heterocycles. The van der Waals surface area contributed by atoms with Crippen molar-refractivity contribution in [3.63, 3.8) is 0 Å². The molecule has 1 atom stereocenters. The van der Waals surface area contributed by atoms with Crippen LogP contribution >= 0.6 is 0 Å². The molecule has 0 saturated carbocycles. The average Bonchev–Trinajstić information content (AvgIpc) is 3.19. The van der Waals surface area contributed by atoms with Crippen molar-refractivity contribution in [1.82, 2.24) is 15.1 Å². The molecule has 0 radical (unpaired) electrons. The first-order valence-corrected chi connectivity index (χ1v) is 8.30. The van der Waals surface area contributed by atoms with Gasteiger partial charge in [-0.3, -0.25) is 9.48 Å². The molecule has 1 unspecified atom stereocenters. The van der Waals surface area contributed by atoms with E-state index in [1.807, 2.05) is 24.6 Å². The summed E-state index contributed by atoms with van der Waals surface area (Å²) in [7, 11) is 0. The molecular formula is C18H21FN4O2. The molecule has 0 aliphatic carbocycles. The van der Waals surface area contributed by atoms with Gasteiger partial charge in [-0.15, -0.1) is 0 Å². The molecule has 1 aromatic carbocycles. The van der Waals surface area contributed by atoms with Crippen LogP contribution in [0.1, 0.15) is 29.8 Å². The number of hydrogen-bond donors (Lipinski definition) is 1. The number of carbonyl (C=O) groups is 1. The van der Waals surface area contributed by atoms with Crippen molar-refractivity contribution in [1.29, 1.82) is 0 Å². The Morgan fingerprint density at radius 2 is 2.12 bits per heavy atom. The lowest BCUT2D eigenvalue weighted by Gasteiger charge is -2.10. The third-order valence-corrected chi connectivity index (χ3v) is 4.09. The molecule has 2 aromatic rings. The summed E-state index contributed by atoms with van der Waals surface area (Å²) in [6.45, 7) is 5.27. The van der Waals surface area contributed by atoms with Gasteiger partial charge >= 0.3 is 0 Å². The fourth-order valence-electron chi connectivity index (χ4n) is 2.79. The quantitative estimate of drug-likeness (QED) is 0.818. The van der Waals surface area contributed by atoms with Gasteiger partial charge in [0.2, 0.25) is 6.10 Å². The van der Waals surface area contributed by atoms with Crippen LogP contribution < -0.4 is 5.32 Å². The van der Waals surface area contributed by atoms with Crippen LogP contribution in [0.3, 0.4) is 0 Å². The van der Waals surface area contributed by atoms with Gasteiger partial charge in [-0.05, 0) is 44.0 Å². The standard InChI is InChI=1S/C18H21FN4O2/c1-12-10-13(2)23(21-12)9-3-8-20-18(24)17-11-16(22-25-17)14-4-6-15(19)7-5-14/h4-7,10,17H,3,8-9,11H2,1-2H3,(H,20,24). The largest absolute Gasteiger partial charge is 0.382 e. The highest BCUT2D eigenvalue weighted by Crippen LogP contribution is 2.17. The van der Waals surface area contributed by atoms with E-state index in [0.29, 0.717) is 18.7 Å². The molecule has 0 saturated heterocycles. The van der Waals surface area contributed by atoms with E-state index in [1.165, 1.54) is 12.1 Å². The predicted molar refractivity (Wildman–Crippen MR) is 91.8 cm³/mol. The topological polar surface area (TPSA) is 68.5 Å². The molecule has 0 spiro atoms. The lowest BCUT2D eigenvalue weighted by Crippen LogP contribution is -2.35. The van der Waals surface area contributed by atoms with Crippen molar-refractivity contribution >= 4 is 11.6 Å². The summed E-state index contributed by atoms with van der Waals surface area (Å²) in [4.78, 5) is 17.4. The Balaban J connectivity index is 1.42. The Morgan fingerprint density at radius 1 is 1.36 bits per heavy atom. The normalized spacial score (nSPS) is 16.4. The second-order valence-corrected chi connectivity index (χ2v) is 6.14. The molecule has 1 amide bonds. The maximum absolute atomic E-state index is 13.0. The molecule has 1 aromatic heterocycles. The van der Waals surface area contributed by atoms with Gasteiger partial charge in [0, 0.05) is 25.2 Å². The number of carbonyl (C=O) groups excluding carboxylic acids is 1. The van der Waals surface area contributed by atoms with Crippen molar-refractivity contribution in [2.24, 2.45) is 5.16 Å². The van der Waals surface area contributed by atoms with Crippen LogP contribution in [0.2, 0.25) is 0 Å². The summed E-state index contributed by atoms with van der Waals surface area (Å²) in [5.74, 6) is -0.491. The van der Waals surface area contributed by atoms with Crippen molar-refractivity contribution in [3.8, 4) is 0 Å². The van der Waals surface area contributed by atoms with Crippen LogP contribution in [-0.4, -0.2) is 34.0 Å². The third kappa shape index (κ3) is 4.23. The van der Waals surface area contributed by atoms with Gasteiger partial charge in [-0.2, -0.15) is 5.10 Å². The van der Waals surface area contributed by atoms with E-state index in [1.54, 1.807) is 12.1 Å². The number of amides is 1. The van der Waals surface area contributed by atoms with Gasteiger partial charge in [0.05, 0.1) is 11.4 Å². The van der Waals surface area contributed by atoms with Crippen molar-refractivity contribution in [2.75, 3.05) is 6.54 Å². The number of rotatable bonds is 6. The molecule has 3 rings (SSSR count). The lowest BCUT2D eigenvalue weighted by atomic mass is 10.0. The van der Waals surface area contributed by atoms with Gasteiger partial charge < -0.3 is 10.2 Å². The number of benzene rings is 1. The van der Waals surface area contributed by atoms with Crippen LogP contribution in [0.5, 0.6) is 0 Å². The maximum Gasteiger partial charge on any atom is 0.264 e. The Hall–Kier alpha value is -2.70. The summed E-state index contributed by atoms with van der Waals surface area (Å²) in [5.41, 5.74) is 3.52. The molecule has 0 fully saturated rings. The zero-order valence-electron chi connectivity index (χ0n) is 14.3. The Kier molecular flexibility index (Phi) is 5.11. The summed E-state index contributed by atoms with van der Waals surface area (Å²) >= 11 is 0. The van der Waals surface area contributed by atoms with Crippen LogP contribution in [0, 0.1) is 19.7 Å². The predicted octanol–water partition coefficient (Wildman–Crippen LogP) is 2.34. The van der Waals surface area contributed by atoms with E-state index >= 15 is 0 Å². The minimum atomic E-state index is -0.631. The van der Waals surface area contributed by atoms with Crippen molar-refractivity contribution in [2.45, 2.75) is 39.3 Å². The van der Waals surface area contributed by atoms with Crippen molar-refractivity contribution in [3.05, 3.63) is 53.1 Å². The number of nitrogens with zero attached hydrogens (tertiary/aromatic N) is 3. The van der Waals surface area contributed by atoms with Crippen LogP contribution in [-0.2, 0) is 16.2 Å². The SMILES string of the molecule is Cc1cc(C)n(CCCNC(=O)C2CC(c3ccc(F)cc3)=NO2)n1. The summed E-state index contributed by atoms with van der Waals surface area (Å²) in [6, 6.07) is 8.02. The highest BCUT2D eigenvalue weighted by Gasteiger charge is 2.28. The molecule has 7 heteroatoms. The zero-order chi connectivity index (χ0) is 17.8. The summed E-state index contributed by atoms with van der Waals surface area (Å²) in [5, 5.41) is 11.2. The molecule has 6 nitrogen and oxygen atoms in total. The minimum absolute atomic E-state index is 0.186. The van der Waals surface area contributed by atoms with E-state index in [0.717, 1.165) is 29.9 Å². The van der Waals surface area contributed by atoms with E-state index in [9.17, 15) is 9.18 Å². The molecule has 0 bridgehead atoms. The number of oxime groups is 1. The van der Waals surface area contributed by atoms with Gasteiger partial charge in [0.15, 0.2) is 0 Å². The Labute approximate surface area is 145 Å². The number of aromatic nitrogens is 2. The zero-order valence-corrected chi connectivity index (χ0v) is 14.3. The summed E-state index contributed by atoms with van der Waals surface area (Å²) < 4.78 is 14.9. The van der Waals surface area contributed by atoms with E-state index in [2.05, 4.69) is 15.6 Å². The number of hydrogen-bond acceptors (Lipinski definition) is 4. The van der Waals surface area contributed by atoms with E-state index < -0.39 is 6.10 Å². The fourth-order valence-corrected chi connectivity index (χ4v) is 2.79. The lowest BCUT2D eigenvalue weighted by molar-refractivity contribution is -0.131. The molecule has 25 heavy (non-hydrogen) atoms. The Morgan fingerprint density at radius 3 is 2.80 bits per heavy atom. The minimum Gasteiger partial charge on any atom is -0.382 e. The molecule has 1 aliphatic heterocycles. The Bertz CT molecular complexity index is 783. The smallest absolute Gasteiger partial charge is 0.264 e. The third-order valence-electron chi connectivity index (χ3n) is 4.09. The van der Waals surface area contributed by atoms with Crippen molar-refractivity contribution < 1.29 is 14.0 Å². The second kappa shape index (κ2) is 7.46. The second-order valence-electron chi connectivity index (χ2n) is 6.14. The van der Waals surface area contributed by atoms with Gasteiger partial charge in [0.1, 0.15) is 5.82 Å². The van der Waals surface area contributed by atoms with Gasteiger partial charge in [0.25, 0.3) is 5.91 Å². The first-order valence-electron chi connectivity index (χ1n) is 8.30. The van der Waals surface area contributed by atoms with Gasteiger partial charge in [-0.1, -0.05) is 17.3 Å². The van der Waals surface area contributed by atoms with Crippen LogP contribution in [0.25, 0.3) is 0 Å². The first-order chi connectivity index (χ1) is 12.0. The number of nitrogens with one attached hydrogen (secondary N) is 1. The molecule has 1 N–H and O–H groups in total. The fraction of sp³-hybridized carbons (Fsp3) is 0.389. The first kappa shape index (κ1) is 17.1. The highest BCUT2D eigenvalue weighted by atomic mass is 19.1. The summed E-state index contributed by atoms with van der Waals surface area (Å²) in [6.07, 6.45) is 0.537. The monoisotopic (exact) mass is 344 g/mol. The number of aryl methyl sites for hydroxylation is 3. The average molecular weight is 344 g/mol. The number of halogens is 1. The highest BCUT2D eigenvalue weighted by molar-refractivity contribution is 6.04. The van der Waals surface area contributed by atoms with Crippen LogP contribution in [0.15, 0.2) is 35.5 Å². The van der Waals surface area contributed by atoms with E-state index in [4.69, 9.17) is 4.84 Å². The van der Waals surface area contributed by atoms with Gasteiger partial charge in [-0.25, -0.2) is 4.39 Å². The van der Waals surface area contributed by atoms with Crippen LogP contribution in [0.4, 0.5) is 4.39 Å². The molecule has 132 valence electrons. The van der Waals surface area contributed by atoms with E-state index in [-0.39, 0.29) is 11.7 Å². The molecular weight excluding hydrogens is 323 g/mol. The maximum atomic E-state index is 13.0.